The van der Waals surface area contributed by atoms with E-state index in [1.54, 1.807) is 0 Å². The molecule has 0 bridgehead atoms. The topological polar surface area (TPSA) is 12.5 Å². The van der Waals surface area contributed by atoms with Crippen LogP contribution in [0.2, 0.25) is 5.02 Å². The highest BCUT2D eigenvalue weighted by molar-refractivity contribution is 6.32. The number of ether oxygens (including phenoxy) is 1. The molecule has 0 aliphatic heterocycles. The van der Waals surface area contributed by atoms with Gasteiger partial charge in [-0.2, -0.15) is 0 Å². The van der Waals surface area contributed by atoms with Gasteiger partial charge >= 0.3 is 0 Å². The van der Waals surface area contributed by atoms with Crippen LogP contribution in [0, 0.1) is 0 Å². The summed E-state index contributed by atoms with van der Waals surface area (Å²) in [6, 6.07) is 7.50. The van der Waals surface area contributed by atoms with E-state index < -0.39 is 0 Å². The Labute approximate surface area is 84.1 Å². The van der Waals surface area contributed by atoms with Crippen LogP contribution in [-0.2, 0) is 0 Å². The molecule has 1 aromatic rings. The van der Waals surface area contributed by atoms with Gasteiger partial charge in [0.15, 0.2) is 0 Å². The van der Waals surface area contributed by atoms with Crippen LogP contribution in [0.25, 0.3) is 0 Å². The van der Waals surface area contributed by atoms with E-state index in [9.17, 15) is 0 Å². The molecule has 0 aromatic heterocycles. The van der Waals surface area contributed by atoms with Crippen molar-refractivity contribution in [1.82, 2.24) is 4.90 Å². The molecule has 0 aliphatic carbocycles. The van der Waals surface area contributed by atoms with Crippen molar-refractivity contribution in [1.29, 1.82) is 0 Å². The highest BCUT2D eigenvalue weighted by Crippen LogP contribution is 2.22. The van der Waals surface area contributed by atoms with Crippen molar-refractivity contribution in [2.45, 2.75) is 0 Å². The lowest BCUT2D eigenvalue weighted by Crippen LogP contribution is -2.19. The second-order valence-corrected chi connectivity index (χ2v) is 3.49. The van der Waals surface area contributed by atoms with Gasteiger partial charge in [-0.25, -0.2) is 0 Å². The minimum Gasteiger partial charge on any atom is -0.491 e. The molecule has 0 saturated carbocycles. The molecule has 0 radical (unpaired) electrons. The molecule has 0 saturated heterocycles. The minimum atomic E-state index is 0.663. The molecule has 1 aromatic carbocycles. The van der Waals surface area contributed by atoms with E-state index in [2.05, 4.69) is 4.90 Å². The third-order valence-electron chi connectivity index (χ3n) is 1.63. The largest absolute Gasteiger partial charge is 0.491 e. The van der Waals surface area contributed by atoms with Gasteiger partial charge in [-0.1, -0.05) is 23.7 Å². The minimum absolute atomic E-state index is 0.663. The van der Waals surface area contributed by atoms with Gasteiger partial charge in [0.25, 0.3) is 0 Å². The molecule has 13 heavy (non-hydrogen) atoms. The molecule has 3 heteroatoms. The Bertz CT molecular complexity index is 263. The number of para-hydroxylation sites is 1. The summed E-state index contributed by atoms with van der Waals surface area (Å²) in [6.07, 6.45) is 0. The lowest BCUT2D eigenvalue weighted by Gasteiger charge is -2.11. The average molecular weight is 200 g/mol. The fourth-order valence-corrected chi connectivity index (χ4v) is 1.09. The number of likely N-dealkylation sites (N-methyl/N-ethyl adjacent to an activating group) is 1. The first-order chi connectivity index (χ1) is 6.20. The van der Waals surface area contributed by atoms with E-state index >= 15 is 0 Å². The van der Waals surface area contributed by atoms with Gasteiger partial charge < -0.3 is 9.64 Å². The summed E-state index contributed by atoms with van der Waals surface area (Å²) in [6.45, 7) is 1.56. The van der Waals surface area contributed by atoms with E-state index in [-0.39, 0.29) is 0 Å². The lowest BCUT2D eigenvalue weighted by atomic mass is 10.3. The van der Waals surface area contributed by atoms with Crippen LogP contribution >= 0.6 is 11.6 Å². The smallest absolute Gasteiger partial charge is 0.137 e. The molecular formula is C10H14ClNO. The molecular weight excluding hydrogens is 186 g/mol. The number of hydrogen-bond acceptors (Lipinski definition) is 2. The maximum atomic E-state index is 5.90. The van der Waals surface area contributed by atoms with Crippen molar-refractivity contribution in [3.05, 3.63) is 29.3 Å². The van der Waals surface area contributed by atoms with Crippen LogP contribution in [0.5, 0.6) is 5.75 Å². The molecule has 2 nitrogen and oxygen atoms in total. The Morgan fingerprint density at radius 3 is 2.62 bits per heavy atom. The SMILES string of the molecule is CN(C)CCOc1ccccc1Cl. The van der Waals surface area contributed by atoms with Gasteiger partial charge in [-0.05, 0) is 26.2 Å². The average Bonchev–Trinajstić information content (AvgIpc) is 2.08. The van der Waals surface area contributed by atoms with E-state index in [0.29, 0.717) is 11.6 Å². The molecule has 1 rings (SSSR count). The first-order valence-corrected chi connectivity index (χ1v) is 4.60. The van der Waals surface area contributed by atoms with Gasteiger partial charge in [0.05, 0.1) is 5.02 Å². The molecule has 0 fully saturated rings. The Morgan fingerprint density at radius 2 is 2.00 bits per heavy atom. The summed E-state index contributed by atoms with van der Waals surface area (Å²) in [5.41, 5.74) is 0. The Kier molecular flexibility index (Phi) is 4.06. The predicted molar refractivity (Wildman–Crippen MR) is 55.5 cm³/mol. The van der Waals surface area contributed by atoms with Gasteiger partial charge in [0.1, 0.15) is 12.4 Å². The zero-order chi connectivity index (χ0) is 9.68. The summed E-state index contributed by atoms with van der Waals surface area (Å²) < 4.78 is 5.47. The van der Waals surface area contributed by atoms with E-state index in [1.807, 2.05) is 38.4 Å². The zero-order valence-corrected chi connectivity index (χ0v) is 8.71. The molecule has 0 unspecified atom stereocenters. The lowest BCUT2D eigenvalue weighted by molar-refractivity contribution is 0.261. The summed E-state index contributed by atoms with van der Waals surface area (Å²) >= 11 is 5.90. The van der Waals surface area contributed by atoms with Crippen LogP contribution in [0.4, 0.5) is 0 Å². The number of nitrogens with zero attached hydrogens (tertiary/aromatic N) is 1. The van der Waals surface area contributed by atoms with E-state index in [0.717, 1.165) is 12.3 Å². The highest BCUT2D eigenvalue weighted by atomic mass is 35.5. The molecule has 0 aliphatic rings. The molecule has 0 amide bonds. The second kappa shape index (κ2) is 5.10. The Balaban J connectivity index is 2.41. The van der Waals surface area contributed by atoms with Crippen molar-refractivity contribution in [3.63, 3.8) is 0 Å². The van der Waals surface area contributed by atoms with Crippen LogP contribution in [0.3, 0.4) is 0 Å². The van der Waals surface area contributed by atoms with E-state index in [4.69, 9.17) is 16.3 Å². The van der Waals surface area contributed by atoms with Crippen molar-refractivity contribution in [2.75, 3.05) is 27.2 Å². The maximum absolute atomic E-state index is 5.90. The predicted octanol–water partition coefficient (Wildman–Crippen LogP) is 2.28. The zero-order valence-electron chi connectivity index (χ0n) is 7.96. The fraction of sp³-hybridized carbons (Fsp3) is 0.400. The Morgan fingerprint density at radius 1 is 1.31 bits per heavy atom. The van der Waals surface area contributed by atoms with E-state index in [1.165, 1.54) is 0 Å². The van der Waals surface area contributed by atoms with Gasteiger partial charge in [-0.3, -0.25) is 0 Å². The molecule has 0 atom stereocenters. The first-order valence-electron chi connectivity index (χ1n) is 4.22. The van der Waals surface area contributed by atoms with Crippen LogP contribution in [-0.4, -0.2) is 32.1 Å². The maximum Gasteiger partial charge on any atom is 0.137 e. The van der Waals surface area contributed by atoms with Crippen molar-refractivity contribution >= 4 is 11.6 Å². The number of hydrogen-bond donors (Lipinski definition) is 0. The van der Waals surface area contributed by atoms with Gasteiger partial charge in [0.2, 0.25) is 0 Å². The molecule has 0 spiro atoms. The molecule has 0 heterocycles. The number of benzene rings is 1. The monoisotopic (exact) mass is 199 g/mol. The second-order valence-electron chi connectivity index (χ2n) is 3.08. The number of halogens is 1. The number of rotatable bonds is 4. The summed E-state index contributed by atoms with van der Waals surface area (Å²) in [5, 5.41) is 0.668. The normalized spacial score (nSPS) is 10.5. The fourth-order valence-electron chi connectivity index (χ4n) is 0.900. The van der Waals surface area contributed by atoms with Crippen molar-refractivity contribution in [3.8, 4) is 5.75 Å². The summed E-state index contributed by atoms with van der Waals surface area (Å²) in [5.74, 6) is 0.756. The van der Waals surface area contributed by atoms with Crippen molar-refractivity contribution < 1.29 is 4.74 Å². The molecule has 0 N–H and O–H groups in total. The summed E-state index contributed by atoms with van der Waals surface area (Å²) in [4.78, 5) is 2.07. The Hall–Kier alpha value is -0.730. The molecule has 72 valence electrons. The highest BCUT2D eigenvalue weighted by Gasteiger charge is 1.98. The third kappa shape index (κ3) is 3.66. The summed E-state index contributed by atoms with van der Waals surface area (Å²) in [7, 11) is 4.02. The van der Waals surface area contributed by atoms with Crippen LogP contribution < -0.4 is 4.74 Å². The van der Waals surface area contributed by atoms with Gasteiger partial charge in [0, 0.05) is 6.54 Å². The van der Waals surface area contributed by atoms with Crippen molar-refractivity contribution in [2.24, 2.45) is 0 Å². The van der Waals surface area contributed by atoms with Gasteiger partial charge in [-0.15, -0.1) is 0 Å². The third-order valence-corrected chi connectivity index (χ3v) is 1.94. The quantitative estimate of drug-likeness (QED) is 0.738. The van der Waals surface area contributed by atoms with Crippen LogP contribution in [0.15, 0.2) is 24.3 Å². The van der Waals surface area contributed by atoms with Crippen LogP contribution in [0.1, 0.15) is 0 Å². The first kappa shape index (κ1) is 10.4. The standard InChI is InChI=1S/C10H14ClNO/c1-12(2)7-8-13-10-6-4-3-5-9(10)11/h3-6H,7-8H2,1-2H3.